The Hall–Kier alpha value is -1.69. The van der Waals surface area contributed by atoms with Crippen LogP contribution in [0, 0.1) is 0 Å². The number of nitrogens with one attached hydrogen (secondary N) is 2. The van der Waals surface area contributed by atoms with Crippen LogP contribution in [0.25, 0.3) is 11.0 Å². The minimum absolute atomic E-state index is 0.0251. The van der Waals surface area contributed by atoms with Gasteiger partial charge in [0.05, 0.1) is 12.0 Å². The molecule has 96 valence electrons. The predicted molar refractivity (Wildman–Crippen MR) is 68.7 cm³/mol. The highest BCUT2D eigenvalue weighted by molar-refractivity contribution is 5.75. The van der Waals surface area contributed by atoms with Crippen molar-refractivity contribution in [2.24, 2.45) is 0 Å². The van der Waals surface area contributed by atoms with Crippen molar-refractivity contribution in [3.63, 3.8) is 0 Å². The summed E-state index contributed by atoms with van der Waals surface area (Å²) in [5.41, 5.74) is 2.09. The highest BCUT2D eigenvalue weighted by atomic mass is 16.1. The molecular formula is C12H17N5O. The zero-order valence-corrected chi connectivity index (χ0v) is 10.4. The Morgan fingerprint density at radius 2 is 2.17 bits per heavy atom. The molecule has 2 aromatic rings. The lowest BCUT2D eigenvalue weighted by Crippen LogP contribution is -2.34. The summed E-state index contributed by atoms with van der Waals surface area (Å²) in [6.45, 7) is 3.93. The fourth-order valence-electron chi connectivity index (χ4n) is 2.55. The molecule has 6 heteroatoms. The highest BCUT2D eigenvalue weighted by Gasteiger charge is 2.19. The van der Waals surface area contributed by atoms with Crippen LogP contribution in [0.15, 0.2) is 11.1 Å². The number of aryl methyl sites for hydroxylation is 1. The molecule has 1 fully saturated rings. The summed E-state index contributed by atoms with van der Waals surface area (Å²) in [5.74, 6) is 0. The fourth-order valence-corrected chi connectivity index (χ4v) is 2.55. The van der Waals surface area contributed by atoms with E-state index in [1.165, 1.54) is 0 Å². The maximum Gasteiger partial charge on any atom is 0.282 e. The van der Waals surface area contributed by atoms with Gasteiger partial charge in [-0.15, -0.1) is 0 Å². The van der Waals surface area contributed by atoms with Crippen LogP contribution < -0.4 is 10.9 Å². The lowest BCUT2D eigenvalue weighted by Gasteiger charge is -2.24. The first-order valence-electron chi connectivity index (χ1n) is 6.46. The Bertz CT molecular complexity index is 608. The van der Waals surface area contributed by atoms with E-state index in [4.69, 9.17) is 0 Å². The van der Waals surface area contributed by atoms with Gasteiger partial charge >= 0.3 is 0 Å². The van der Waals surface area contributed by atoms with Crippen LogP contribution in [0.5, 0.6) is 0 Å². The quantitative estimate of drug-likeness (QED) is 0.815. The molecule has 6 nitrogen and oxygen atoms in total. The van der Waals surface area contributed by atoms with Crippen molar-refractivity contribution in [3.8, 4) is 0 Å². The van der Waals surface area contributed by atoms with Gasteiger partial charge in [-0.3, -0.25) is 14.5 Å². The molecule has 1 aliphatic rings. The van der Waals surface area contributed by atoms with Gasteiger partial charge < -0.3 is 5.32 Å². The SMILES string of the molecule is CCc1[nH]nc2c(=O)n(C3CCNCC3)cnc12. The van der Waals surface area contributed by atoms with E-state index in [1.54, 1.807) is 10.9 Å². The molecule has 18 heavy (non-hydrogen) atoms. The van der Waals surface area contributed by atoms with Crippen LogP contribution >= 0.6 is 0 Å². The van der Waals surface area contributed by atoms with Crippen LogP contribution in [0.1, 0.15) is 31.5 Å². The Kier molecular flexibility index (Phi) is 2.87. The second-order valence-corrected chi connectivity index (χ2v) is 4.69. The van der Waals surface area contributed by atoms with Crippen LogP contribution in [-0.2, 0) is 6.42 Å². The zero-order valence-electron chi connectivity index (χ0n) is 10.4. The number of aromatic amines is 1. The number of hydrogen-bond donors (Lipinski definition) is 2. The maximum absolute atomic E-state index is 12.4. The summed E-state index contributed by atoms with van der Waals surface area (Å²) in [6.07, 6.45) is 4.42. The molecule has 0 aliphatic carbocycles. The van der Waals surface area contributed by atoms with Gasteiger partial charge in [0.25, 0.3) is 5.56 Å². The predicted octanol–water partition coefficient (Wildman–Crippen LogP) is 0.606. The summed E-state index contributed by atoms with van der Waals surface area (Å²) < 4.78 is 1.74. The van der Waals surface area contributed by atoms with Crippen LogP contribution in [0.2, 0.25) is 0 Å². The minimum atomic E-state index is -0.0251. The average molecular weight is 247 g/mol. The van der Waals surface area contributed by atoms with E-state index in [0.29, 0.717) is 11.0 Å². The molecule has 0 atom stereocenters. The number of rotatable bonds is 2. The molecule has 1 saturated heterocycles. The average Bonchev–Trinajstić information content (AvgIpc) is 2.84. The van der Waals surface area contributed by atoms with Crippen molar-refractivity contribution >= 4 is 11.0 Å². The molecule has 0 radical (unpaired) electrons. The first-order chi connectivity index (χ1) is 8.81. The number of nitrogens with zero attached hydrogens (tertiary/aromatic N) is 3. The molecular weight excluding hydrogens is 230 g/mol. The van der Waals surface area contributed by atoms with E-state index in [0.717, 1.165) is 38.0 Å². The fraction of sp³-hybridized carbons (Fsp3) is 0.583. The monoisotopic (exact) mass is 247 g/mol. The molecule has 1 aliphatic heterocycles. The lowest BCUT2D eigenvalue weighted by atomic mass is 10.1. The number of fused-ring (bicyclic) bond motifs is 1. The Morgan fingerprint density at radius 1 is 1.39 bits per heavy atom. The third-order valence-electron chi connectivity index (χ3n) is 3.62. The summed E-state index contributed by atoms with van der Waals surface area (Å²) in [6, 6.07) is 0.248. The van der Waals surface area contributed by atoms with Crippen molar-refractivity contribution in [2.75, 3.05) is 13.1 Å². The molecule has 3 rings (SSSR count). The van der Waals surface area contributed by atoms with Gasteiger partial charge in [-0.25, -0.2) is 4.98 Å². The second-order valence-electron chi connectivity index (χ2n) is 4.69. The van der Waals surface area contributed by atoms with Crippen molar-refractivity contribution in [1.82, 2.24) is 25.1 Å². The van der Waals surface area contributed by atoms with Crippen molar-refractivity contribution in [1.29, 1.82) is 0 Å². The van der Waals surface area contributed by atoms with Gasteiger partial charge in [-0.1, -0.05) is 6.92 Å². The number of aromatic nitrogens is 4. The van der Waals surface area contributed by atoms with E-state index in [1.807, 2.05) is 6.92 Å². The summed E-state index contributed by atoms with van der Waals surface area (Å²) >= 11 is 0. The van der Waals surface area contributed by atoms with Gasteiger partial charge in [0.1, 0.15) is 5.52 Å². The van der Waals surface area contributed by atoms with Crippen LogP contribution in [-0.4, -0.2) is 32.8 Å². The molecule has 2 N–H and O–H groups in total. The molecule has 3 heterocycles. The normalized spacial score (nSPS) is 17.4. The molecule has 0 amide bonds. The molecule has 0 unspecified atom stereocenters. The number of H-pyrrole nitrogens is 1. The second kappa shape index (κ2) is 4.53. The molecule has 2 aromatic heterocycles. The molecule has 0 bridgehead atoms. The van der Waals surface area contributed by atoms with E-state index >= 15 is 0 Å². The summed E-state index contributed by atoms with van der Waals surface area (Å²) in [4.78, 5) is 16.8. The highest BCUT2D eigenvalue weighted by Crippen LogP contribution is 2.17. The van der Waals surface area contributed by atoms with E-state index in [-0.39, 0.29) is 11.6 Å². The maximum atomic E-state index is 12.4. The van der Waals surface area contributed by atoms with E-state index in [2.05, 4.69) is 20.5 Å². The summed E-state index contributed by atoms with van der Waals surface area (Å²) in [5, 5.41) is 10.3. The van der Waals surface area contributed by atoms with E-state index in [9.17, 15) is 4.79 Å². The molecule has 0 saturated carbocycles. The lowest BCUT2D eigenvalue weighted by molar-refractivity contribution is 0.359. The third-order valence-corrected chi connectivity index (χ3v) is 3.62. The first kappa shape index (κ1) is 11.4. The minimum Gasteiger partial charge on any atom is -0.317 e. The van der Waals surface area contributed by atoms with Gasteiger partial charge in [0.2, 0.25) is 0 Å². The van der Waals surface area contributed by atoms with Crippen molar-refractivity contribution < 1.29 is 0 Å². The van der Waals surface area contributed by atoms with Crippen LogP contribution in [0.4, 0.5) is 0 Å². The topological polar surface area (TPSA) is 75.6 Å². The Balaban J connectivity index is 2.08. The number of hydrogen-bond acceptors (Lipinski definition) is 4. The van der Waals surface area contributed by atoms with Crippen molar-refractivity contribution in [3.05, 3.63) is 22.4 Å². The smallest absolute Gasteiger partial charge is 0.282 e. The Labute approximate surface area is 104 Å². The third kappa shape index (κ3) is 1.73. The van der Waals surface area contributed by atoms with Gasteiger partial charge in [-0.2, -0.15) is 5.10 Å². The summed E-state index contributed by atoms with van der Waals surface area (Å²) in [7, 11) is 0. The molecule has 0 spiro atoms. The Morgan fingerprint density at radius 3 is 2.89 bits per heavy atom. The number of piperidine rings is 1. The van der Waals surface area contributed by atoms with Gasteiger partial charge in [-0.05, 0) is 32.4 Å². The van der Waals surface area contributed by atoms with Crippen LogP contribution in [0.3, 0.4) is 0 Å². The van der Waals surface area contributed by atoms with Gasteiger partial charge in [0.15, 0.2) is 5.52 Å². The largest absolute Gasteiger partial charge is 0.317 e. The zero-order chi connectivity index (χ0) is 12.5. The van der Waals surface area contributed by atoms with E-state index < -0.39 is 0 Å². The molecule has 0 aromatic carbocycles. The first-order valence-corrected chi connectivity index (χ1v) is 6.46. The van der Waals surface area contributed by atoms with Gasteiger partial charge in [0, 0.05) is 6.04 Å². The van der Waals surface area contributed by atoms with Crippen molar-refractivity contribution in [2.45, 2.75) is 32.2 Å². The standard InChI is InChI=1S/C12H17N5O/c1-2-9-10-11(16-15-9)12(18)17(7-14-10)8-3-5-13-6-4-8/h7-8,13H,2-6H2,1H3,(H,15,16).